The number of carboxylic acids is 1. The van der Waals surface area contributed by atoms with Crippen LogP contribution < -0.4 is 31.5 Å². The van der Waals surface area contributed by atoms with Gasteiger partial charge in [-0.1, -0.05) is 75.3 Å². The number of aliphatic carboxylic acids is 1. The van der Waals surface area contributed by atoms with E-state index in [1.165, 1.54) is 18.3 Å². The van der Waals surface area contributed by atoms with Gasteiger partial charge in [0, 0.05) is 32.4 Å². The van der Waals surface area contributed by atoms with Crippen molar-refractivity contribution in [3.05, 3.63) is 59.8 Å². The quantitative estimate of drug-likeness (QED) is 0.105. The van der Waals surface area contributed by atoms with Gasteiger partial charge in [0.15, 0.2) is 6.04 Å². The molecule has 1 aliphatic heterocycles. The molecule has 4 unspecified atom stereocenters. The molecule has 0 radical (unpaired) electrons. The Morgan fingerprint density at radius 1 is 0.758 bits per heavy atom. The van der Waals surface area contributed by atoms with E-state index in [0.717, 1.165) is 44.9 Å². The Labute approximate surface area is 360 Å². The van der Waals surface area contributed by atoms with Crippen molar-refractivity contribution in [2.75, 3.05) is 44.2 Å². The normalized spacial score (nSPS) is 18.5. The van der Waals surface area contributed by atoms with E-state index >= 15 is 0 Å². The number of ether oxygens (including phenoxy) is 1. The number of Topliss-reactive ketones (excluding diaryl/α,β-unsaturated/α-hetero) is 1. The van der Waals surface area contributed by atoms with Gasteiger partial charge in [-0.3, -0.25) is 28.8 Å². The molecule has 18 heteroatoms. The summed E-state index contributed by atoms with van der Waals surface area (Å²) in [6.07, 6.45) is 9.19. The van der Waals surface area contributed by atoms with Crippen molar-refractivity contribution in [1.29, 1.82) is 0 Å². The van der Waals surface area contributed by atoms with E-state index in [9.17, 15) is 43.5 Å². The number of aromatic nitrogens is 1. The lowest BCUT2D eigenvalue weighted by atomic mass is 9.83. The second-order valence-corrected chi connectivity index (χ2v) is 16.7. The van der Waals surface area contributed by atoms with Crippen molar-refractivity contribution in [3.63, 3.8) is 0 Å². The van der Waals surface area contributed by atoms with Crippen LogP contribution in [0.4, 0.5) is 10.6 Å². The van der Waals surface area contributed by atoms with Crippen molar-refractivity contribution in [1.82, 2.24) is 36.5 Å². The molecule has 334 valence electrons. The van der Waals surface area contributed by atoms with Crippen LogP contribution >= 0.6 is 0 Å². The zero-order chi connectivity index (χ0) is 44.2. The van der Waals surface area contributed by atoms with Crippen LogP contribution in [0.2, 0.25) is 0 Å². The first-order valence-corrected chi connectivity index (χ1v) is 21.8. The molecule has 1 saturated heterocycles. The number of pyridine rings is 1. The SMILES string of the molecule is CCOC(=O)N1CCN(c2ccc(C(=O)NC(C(=O)NC(CC3CC3)C(=O)NC(CC3CC3)C(=O)C(=O)NCC(=O)NC(C(=O)O)c3ccccc3)C3CCCCC3)cn2)CC1. The maximum absolute atomic E-state index is 14.2. The van der Waals surface area contributed by atoms with Crippen LogP contribution in [0, 0.1) is 17.8 Å². The van der Waals surface area contributed by atoms with Crippen LogP contribution in [0.3, 0.4) is 0 Å². The van der Waals surface area contributed by atoms with Gasteiger partial charge in [-0.15, -0.1) is 0 Å². The van der Waals surface area contributed by atoms with Crippen LogP contribution in [-0.2, 0) is 33.5 Å². The summed E-state index contributed by atoms with van der Waals surface area (Å²) in [7, 11) is 0. The minimum atomic E-state index is -1.37. The Morgan fingerprint density at radius 3 is 2.00 bits per heavy atom. The highest BCUT2D eigenvalue weighted by Crippen LogP contribution is 2.35. The van der Waals surface area contributed by atoms with Crippen LogP contribution in [0.1, 0.15) is 99.5 Å². The molecule has 0 spiro atoms. The maximum atomic E-state index is 14.2. The molecule has 0 bridgehead atoms. The molecule has 4 fully saturated rings. The second kappa shape index (κ2) is 21.6. The Hall–Kier alpha value is -6.07. The van der Waals surface area contributed by atoms with Crippen molar-refractivity contribution in [2.24, 2.45) is 17.8 Å². The van der Waals surface area contributed by atoms with Crippen molar-refractivity contribution in [2.45, 2.75) is 102 Å². The lowest BCUT2D eigenvalue weighted by molar-refractivity contribution is -0.142. The second-order valence-electron chi connectivity index (χ2n) is 16.7. The lowest BCUT2D eigenvalue weighted by Crippen LogP contribution is -2.58. The summed E-state index contributed by atoms with van der Waals surface area (Å²) in [4.78, 5) is 113. The van der Waals surface area contributed by atoms with Crippen LogP contribution in [0.5, 0.6) is 0 Å². The molecule has 62 heavy (non-hydrogen) atoms. The molecule has 6 rings (SSSR count). The number of carbonyl (C=O) groups excluding carboxylic acids is 7. The average molecular weight is 859 g/mol. The summed E-state index contributed by atoms with van der Waals surface area (Å²) >= 11 is 0. The van der Waals surface area contributed by atoms with E-state index < -0.39 is 72.0 Å². The number of anilines is 1. The summed E-state index contributed by atoms with van der Waals surface area (Å²) in [5.41, 5.74) is 0.585. The number of piperazine rings is 1. The third kappa shape index (κ3) is 13.0. The Balaban J connectivity index is 1.07. The number of hydrogen-bond acceptors (Lipinski definition) is 11. The highest BCUT2D eigenvalue weighted by Gasteiger charge is 2.39. The number of carboxylic acid groups (broad SMARTS) is 1. The monoisotopic (exact) mass is 858 g/mol. The smallest absolute Gasteiger partial charge is 0.409 e. The Kier molecular flexibility index (Phi) is 15.9. The van der Waals surface area contributed by atoms with Crippen LogP contribution in [0.25, 0.3) is 0 Å². The summed E-state index contributed by atoms with van der Waals surface area (Å²) in [5.74, 6) is -5.07. The van der Waals surface area contributed by atoms with Crippen LogP contribution in [0.15, 0.2) is 48.7 Å². The Bertz CT molecular complexity index is 1930. The van der Waals surface area contributed by atoms with Gasteiger partial charge in [-0.25, -0.2) is 14.6 Å². The number of hydrogen-bond donors (Lipinski definition) is 6. The first-order valence-electron chi connectivity index (χ1n) is 21.8. The third-order valence-corrected chi connectivity index (χ3v) is 11.9. The number of amides is 6. The largest absolute Gasteiger partial charge is 0.479 e. The zero-order valence-corrected chi connectivity index (χ0v) is 35.1. The minimum absolute atomic E-state index is 0.106. The first-order chi connectivity index (χ1) is 29.9. The fraction of sp³-hybridized carbons (Fsp3) is 0.568. The highest BCUT2D eigenvalue weighted by atomic mass is 16.6. The molecule has 6 N–H and O–H groups in total. The van der Waals surface area contributed by atoms with Crippen molar-refractivity contribution >= 4 is 53.2 Å². The van der Waals surface area contributed by atoms with Crippen LogP contribution in [-0.4, -0.2) is 120 Å². The van der Waals surface area contributed by atoms with Gasteiger partial charge in [-0.05, 0) is 68.1 Å². The minimum Gasteiger partial charge on any atom is -0.479 e. The third-order valence-electron chi connectivity index (χ3n) is 11.9. The highest BCUT2D eigenvalue weighted by molar-refractivity contribution is 6.38. The summed E-state index contributed by atoms with van der Waals surface area (Å²) in [6.45, 7) is 3.43. The molecule has 2 aromatic rings. The van der Waals surface area contributed by atoms with E-state index in [-0.39, 0.29) is 35.8 Å². The van der Waals surface area contributed by atoms with E-state index in [1.54, 1.807) is 42.2 Å². The summed E-state index contributed by atoms with van der Waals surface area (Å²) in [6, 6.07) is 6.82. The van der Waals surface area contributed by atoms with E-state index in [4.69, 9.17) is 4.74 Å². The topological polar surface area (TPSA) is 246 Å². The van der Waals surface area contributed by atoms with Gasteiger partial charge in [0.05, 0.1) is 24.8 Å². The molecular formula is C44H58N8O10. The van der Waals surface area contributed by atoms with Gasteiger partial charge in [-0.2, -0.15) is 0 Å². The predicted octanol–water partition coefficient (Wildman–Crippen LogP) is 2.24. The molecule has 3 saturated carbocycles. The number of carbonyl (C=O) groups is 8. The first kappa shape index (κ1) is 45.5. The van der Waals surface area contributed by atoms with Gasteiger partial charge >= 0.3 is 12.1 Å². The molecule has 1 aromatic heterocycles. The van der Waals surface area contributed by atoms with Gasteiger partial charge in [0.25, 0.3) is 11.8 Å². The van der Waals surface area contributed by atoms with E-state index in [2.05, 4.69) is 31.6 Å². The fourth-order valence-corrected chi connectivity index (χ4v) is 8.05. The number of nitrogens with one attached hydrogen (secondary N) is 5. The number of benzene rings is 1. The lowest BCUT2D eigenvalue weighted by Gasteiger charge is -2.34. The molecule has 18 nitrogen and oxygen atoms in total. The average Bonchev–Trinajstić information content (AvgIpc) is 4.24. The molecule has 4 aliphatic rings. The standard InChI is InChI=1S/C44H58N8O10/c1-2-62-44(61)52-21-19-51(20-22-52)34-18-17-31(25-45-34)39(55)50-36(29-9-5-3-6-10-29)41(57)48-33(24-28-15-16-28)40(56)47-32(23-27-13-14-27)38(54)42(58)46-26-35(53)49-37(43(59)60)30-11-7-4-8-12-30/h4,7-8,11-12,17-18,25,27-29,32-33,36-37H,2-3,5-6,9-10,13-16,19-24,26H2,1H3,(H,46,58)(H,47,56)(H,48,57)(H,49,53)(H,50,55)(H,59,60). The van der Waals surface area contributed by atoms with Gasteiger partial charge in [0.1, 0.15) is 17.9 Å². The molecular weight excluding hydrogens is 801 g/mol. The number of rotatable bonds is 20. The molecule has 3 aliphatic carbocycles. The van der Waals surface area contributed by atoms with E-state index in [0.29, 0.717) is 63.4 Å². The van der Waals surface area contributed by atoms with Gasteiger partial charge < -0.3 is 46.2 Å². The number of ketones is 1. The maximum Gasteiger partial charge on any atom is 0.409 e. The van der Waals surface area contributed by atoms with Crippen molar-refractivity contribution < 1.29 is 48.2 Å². The molecule has 2 heterocycles. The van der Waals surface area contributed by atoms with Gasteiger partial charge in [0.2, 0.25) is 23.5 Å². The fourth-order valence-electron chi connectivity index (χ4n) is 8.05. The zero-order valence-electron chi connectivity index (χ0n) is 35.1. The van der Waals surface area contributed by atoms with E-state index in [1.807, 2.05) is 4.90 Å². The molecule has 4 atom stereocenters. The summed E-state index contributed by atoms with van der Waals surface area (Å²) < 4.78 is 5.10. The molecule has 1 aromatic carbocycles. The van der Waals surface area contributed by atoms with Crippen molar-refractivity contribution in [3.8, 4) is 0 Å². The Morgan fingerprint density at radius 2 is 1.40 bits per heavy atom. The summed E-state index contributed by atoms with van der Waals surface area (Å²) in [5, 5.41) is 22.8. The molecule has 6 amide bonds. The predicted molar refractivity (Wildman–Crippen MR) is 224 cm³/mol. The number of nitrogens with zero attached hydrogens (tertiary/aromatic N) is 3.